The predicted molar refractivity (Wildman–Crippen MR) is 94.1 cm³/mol. The third-order valence-electron chi connectivity index (χ3n) is 4.02. The molecule has 1 fully saturated rings. The first-order valence-corrected chi connectivity index (χ1v) is 9.55. The van der Waals surface area contributed by atoms with Crippen LogP contribution < -0.4 is 9.62 Å². The van der Waals surface area contributed by atoms with Gasteiger partial charge in [0, 0.05) is 19.2 Å². The third-order valence-corrected chi connectivity index (χ3v) is 5.81. The van der Waals surface area contributed by atoms with E-state index in [0.717, 1.165) is 37.7 Å². The Morgan fingerprint density at radius 2 is 1.96 bits per heavy atom. The smallest absolute Gasteiger partial charge is 0.371 e. The van der Waals surface area contributed by atoms with Gasteiger partial charge in [-0.1, -0.05) is 11.6 Å². The summed E-state index contributed by atoms with van der Waals surface area (Å²) in [5.41, 5.74) is 1.17. The SMILES string of the molecule is Cc1oc(C(=O)O)cc1S(=O)(=O)Nc1ccc(N2CCCC2)c(Cl)c1. The van der Waals surface area contributed by atoms with Crippen LogP contribution in [0.4, 0.5) is 11.4 Å². The largest absolute Gasteiger partial charge is 0.475 e. The second kappa shape index (κ2) is 6.61. The van der Waals surface area contributed by atoms with E-state index in [1.807, 2.05) is 0 Å². The van der Waals surface area contributed by atoms with Crippen LogP contribution in [-0.2, 0) is 10.0 Å². The van der Waals surface area contributed by atoms with Crippen molar-refractivity contribution in [2.24, 2.45) is 0 Å². The van der Waals surface area contributed by atoms with Gasteiger partial charge in [0.15, 0.2) is 0 Å². The molecule has 0 saturated carbocycles. The lowest BCUT2D eigenvalue weighted by Gasteiger charge is -2.19. The van der Waals surface area contributed by atoms with Gasteiger partial charge in [-0.15, -0.1) is 0 Å². The van der Waals surface area contributed by atoms with Gasteiger partial charge in [-0.2, -0.15) is 0 Å². The average Bonchev–Trinajstić information content (AvgIpc) is 3.16. The van der Waals surface area contributed by atoms with Crippen LogP contribution in [0, 0.1) is 6.92 Å². The fourth-order valence-corrected chi connectivity index (χ4v) is 4.36. The number of nitrogens with one attached hydrogen (secondary N) is 1. The molecular weight excluding hydrogens is 368 g/mol. The van der Waals surface area contributed by atoms with Gasteiger partial charge in [0.05, 0.1) is 16.4 Å². The van der Waals surface area contributed by atoms with E-state index < -0.39 is 21.8 Å². The van der Waals surface area contributed by atoms with E-state index in [-0.39, 0.29) is 10.7 Å². The van der Waals surface area contributed by atoms with Crippen molar-refractivity contribution in [3.63, 3.8) is 0 Å². The topological polar surface area (TPSA) is 99.8 Å². The van der Waals surface area contributed by atoms with Crippen LogP contribution in [0.3, 0.4) is 0 Å². The highest BCUT2D eigenvalue weighted by Gasteiger charge is 2.24. The Morgan fingerprint density at radius 1 is 1.28 bits per heavy atom. The van der Waals surface area contributed by atoms with Crippen molar-refractivity contribution in [3.05, 3.63) is 40.8 Å². The van der Waals surface area contributed by atoms with Gasteiger partial charge < -0.3 is 14.4 Å². The number of sulfonamides is 1. The first-order chi connectivity index (χ1) is 11.8. The molecule has 0 unspecified atom stereocenters. The zero-order chi connectivity index (χ0) is 18.2. The Hall–Kier alpha value is -2.19. The standard InChI is InChI=1S/C16H17ClN2O5S/c1-10-15(9-14(24-10)16(20)21)25(22,23)18-11-4-5-13(12(17)8-11)19-6-2-3-7-19/h4-5,8-9,18H,2-3,6-7H2,1H3,(H,20,21). The van der Waals surface area contributed by atoms with Crippen LogP contribution >= 0.6 is 11.6 Å². The summed E-state index contributed by atoms with van der Waals surface area (Å²) in [5, 5.41) is 9.37. The minimum absolute atomic E-state index is 0.00434. The number of anilines is 2. The van der Waals surface area contributed by atoms with Gasteiger partial charge in [-0.3, -0.25) is 4.72 Å². The molecule has 0 atom stereocenters. The Bertz CT molecular complexity index is 917. The molecule has 7 nitrogen and oxygen atoms in total. The number of carboxylic acids is 1. The monoisotopic (exact) mass is 384 g/mol. The van der Waals surface area contributed by atoms with Crippen LogP contribution in [0.25, 0.3) is 0 Å². The molecule has 0 aliphatic carbocycles. The zero-order valence-corrected chi connectivity index (χ0v) is 15.0. The molecule has 1 aliphatic heterocycles. The summed E-state index contributed by atoms with van der Waals surface area (Å²) in [6.07, 6.45) is 2.22. The van der Waals surface area contributed by atoms with Crippen molar-refractivity contribution >= 4 is 39.0 Å². The number of benzene rings is 1. The third kappa shape index (κ3) is 3.59. The second-order valence-electron chi connectivity index (χ2n) is 5.80. The molecule has 3 rings (SSSR count). The quantitative estimate of drug-likeness (QED) is 0.820. The van der Waals surface area contributed by atoms with Gasteiger partial charge in [-0.05, 0) is 38.0 Å². The summed E-state index contributed by atoms with van der Waals surface area (Å²) < 4.78 is 32.3. The first kappa shape index (κ1) is 17.6. The Morgan fingerprint density at radius 3 is 2.52 bits per heavy atom. The number of hydrogen-bond donors (Lipinski definition) is 2. The Balaban J connectivity index is 1.86. The van der Waals surface area contributed by atoms with Crippen LogP contribution in [0.5, 0.6) is 0 Å². The molecule has 1 saturated heterocycles. The van der Waals surface area contributed by atoms with E-state index in [9.17, 15) is 13.2 Å². The van der Waals surface area contributed by atoms with Crippen LogP contribution in [0.1, 0.15) is 29.2 Å². The van der Waals surface area contributed by atoms with Gasteiger partial charge >= 0.3 is 5.97 Å². The van der Waals surface area contributed by atoms with Crippen LogP contribution in [0.15, 0.2) is 33.6 Å². The lowest BCUT2D eigenvalue weighted by Crippen LogP contribution is -2.18. The van der Waals surface area contributed by atoms with Crippen molar-refractivity contribution < 1.29 is 22.7 Å². The van der Waals surface area contributed by atoms with Crippen molar-refractivity contribution in [2.75, 3.05) is 22.7 Å². The van der Waals surface area contributed by atoms with E-state index in [1.54, 1.807) is 18.2 Å². The minimum atomic E-state index is -3.98. The number of aryl methyl sites for hydroxylation is 1. The molecular formula is C16H17ClN2O5S. The molecule has 0 spiro atoms. The maximum absolute atomic E-state index is 12.5. The number of nitrogens with zero attached hydrogens (tertiary/aromatic N) is 1. The van der Waals surface area contributed by atoms with Crippen LogP contribution in [-0.4, -0.2) is 32.6 Å². The van der Waals surface area contributed by atoms with Gasteiger partial charge in [0.25, 0.3) is 10.0 Å². The number of rotatable bonds is 5. The van der Waals surface area contributed by atoms with Crippen molar-refractivity contribution in [1.82, 2.24) is 0 Å². The lowest BCUT2D eigenvalue weighted by molar-refractivity contribution is 0.0661. The van der Waals surface area contributed by atoms with E-state index in [2.05, 4.69) is 9.62 Å². The predicted octanol–water partition coefficient (Wildman–Crippen LogP) is 3.34. The van der Waals surface area contributed by atoms with E-state index in [4.69, 9.17) is 21.1 Å². The molecule has 1 aliphatic rings. The van der Waals surface area contributed by atoms with Crippen molar-refractivity contribution in [3.8, 4) is 0 Å². The number of furan rings is 1. The normalized spacial score (nSPS) is 14.7. The van der Waals surface area contributed by atoms with Crippen LogP contribution in [0.2, 0.25) is 5.02 Å². The molecule has 0 radical (unpaired) electrons. The van der Waals surface area contributed by atoms with Gasteiger partial charge in [0.2, 0.25) is 5.76 Å². The number of aromatic carboxylic acids is 1. The summed E-state index contributed by atoms with van der Waals surface area (Å²) in [7, 11) is -3.98. The number of carbonyl (C=O) groups is 1. The molecule has 9 heteroatoms. The molecule has 2 N–H and O–H groups in total. The fraction of sp³-hybridized carbons (Fsp3) is 0.312. The lowest BCUT2D eigenvalue weighted by atomic mass is 10.2. The molecule has 134 valence electrons. The Kier molecular flexibility index (Phi) is 4.66. The highest BCUT2D eigenvalue weighted by atomic mass is 35.5. The molecule has 2 aromatic rings. The maximum atomic E-state index is 12.5. The molecule has 25 heavy (non-hydrogen) atoms. The number of hydrogen-bond acceptors (Lipinski definition) is 5. The maximum Gasteiger partial charge on any atom is 0.371 e. The summed E-state index contributed by atoms with van der Waals surface area (Å²) in [6, 6.07) is 5.93. The molecule has 0 amide bonds. The molecule has 1 aromatic carbocycles. The van der Waals surface area contributed by atoms with Gasteiger partial charge in [0.1, 0.15) is 10.7 Å². The van der Waals surface area contributed by atoms with E-state index in [0.29, 0.717) is 10.7 Å². The zero-order valence-electron chi connectivity index (χ0n) is 13.5. The summed E-state index contributed by atoms with van der Waals surface area (Å²) in [5.74, 6) is -1.76. The Labute approximate surface area is 150 Å². The average molecular weight is 385 g/mol. The summed E-state index contributed by atoms with van der Waals surface area (Å²) in [4.78, 5) is 12.9. The molecule has 0 bridgehead atoms. The first-order valence-electron chi connectivity index (χ1n) is 7.69. The molecule has 2 heterocycles. The van der Waals surface area contributed by atoms with Crippen molar-refractivity contribution in [2.45, 2.75) is 24.7 Å². The summed E-state index contributed by atoms with van der Waals surface area (Å²) in [6.45, 7) is 3.25. The molecule has 1 aromatic heterocycles. The van der Waals surface area contributed by atoms with Crippen molar-refractivity contribution in [1.29, 1.82) is 0 Å². The van der Waals surface area contributed by atoms with E-state index in [1.165, 1.54) is 6.92 Å². The number of halogens is 1. The highest BCUT2D eigenvalue weighted by Crippen LogP contribution is 2.32. The van der Waals surface area contributed by atoms with E-state index >= 15 is 0 Å². The number of carboxylic acid groups (broad SMARTS) is 1. The second-order valence-corrected chi connectivity index (χ2v) is 7.86. The minimum Gasteiger partial charge on any atom is -0.475 e. The van der Waals surface area contributed by atoms with Gasteiger partial charge in [-0.25, -0.2) is 13.2 Å². The summed E-state index contributed by atoms with van der Waals surface area (Å²) >= 11 is 6.29. The fourth-order valence-electron chi connectivity index (χ4n) is 2.83. The highest BCUT2D eigenvalue weighted by molar-refractivity contribution is 7.92.